The van der Waals surface area contributed by atoms with Crippen LogP contribution in [-0.4, -0.2) is 42.5 Å². The fourth-order valence-electron chi connectivity index (χ4n) is 2.39. The van der Waals surface area contributed by atoms with Gasteiger partial charge in [0.1, 0.15) is 0 Å². The molecule has 1 fully saturated rings. The van der Waals surface area contributed by atoms with Gasteiger partial charge >= 0.3 is 0 Å². The summed E-state index contributed by atoms with van der Waals surface area (Å²) in [6, 6.07) is 0.581. The van der Waals surface area contributed by atoms with Crippen LogP contribution in [0.1, 0.15) is 25.7 Å². The molecule has 1 unspecified atom stereocenters. The van der Waals surface area contributed by atoms with Crippen LogP contribution in [0.2, 0.25) is 0 Å². The molecule has 0 aliphatic carbocycles. The summed E-state index contributed by atoms with van der Waals surface area (Å²) in [5, 5.41) is -0.0684. The van der Waals surface area contributed by atoms with E-state index in [1.807, 2.05) is 0 Å². The topological polar surface area (TPSA) is 55.2 Å². The molecular formula is C11H18ClN3O2S. The van der Waals surface area contributed by atoms with Crippen molar-refractivity contribution >= 4 is 19.7 Å². The van der Waals surface area contributed by atoms with E-state index >= 15 is 0 Å². The predicted molar refractivity (Wildman–Crippen MR) is 70.2 cm³/mol. The minimum Gasteiger partial charge on any atom is -0.336 e. The molecule has 0 saturated carbocycles. The Balaban J connectivity index is 1.92. The summed E-state index contributed by atoms with van der Waals surface area (Å²) >= 11 is 0. The van der Waals surface area contributed by atoms with Crippen LogP contribution in [0, 0.1) is 0 Å². The Hall–Kier alpha value is -0.590. The molecule has 0 N–H and O–H groups in total. The third-order valence-corrected chi connectivity index (χ3v) is 4.69. The first-order valence-electron chi connectivity index (χ1n) is 6.13. The van der Waals surface area contributed by atoms with E-state index in [0.29, 0.717) is 6.04 Å². The summed E-state index contributed by atoms with van der Waals surface area (Å²) in [4.78, 5) is 6.17. The zero-order chi connectivity index (χ0) is 13.2. The van der Waals surface area contributed by atoms with Gasteiger partial charge in [-0.1, -0.05) is 6.42 Å². The van der Waals surface area contributed by atoms with Crippen molar-refractivity contribution in [3.63, 3.8) is 0 Å². The highest BCUT2D eigenvalue weighted by atomic mass is 35.7. The van der Waals surface area contributed by atoms with E-state index in [0.717, 1.165) is 19.5 Å². The largest absolute Gasteiger partial charge is 0.336 e. The lowest BCUT2D eigenvalue weighted by molar-refractivity contribution is 0.171. The smallest absolute Gasteiger partial charge is 0.280 e. The first-order valence-corrected chi connectivity index (χ1v) is 8.44. The van der Waals surface area contributed by atoms with Gasteiger partial charge in [0, 0.05) is 29.5 Å². The molecule has 102 valence electrons. The maximum absolute atomic E-state index is 11.1. The van der Waals surface area contributed by atoms with Gasteiger partial charge in [0.25, 0.3) is 9.05 Å². The molecular weight excluding hydrogens is 274 g/mol. The minimum absolute atomic E-state index is 0.0684. The molecule has 1 aromatic heterocycles. The highest BCUT2D eigenvalue weighted by molar-refractivity contribution is 8.13. The van der Waals surface area contributed by atoms with Crippen molar-refractivity contribution < 1.29 is 8.42 Å². The maximum atomic E-state index is 11.1. The van der Waals surface area contributed by atoms with Crippen LogP contribution in [0.25, 0.3) is 0 Å². The Kier molecular flexibility index (Phi) is 4.29. The van der Waals surface area contributed by atoms with Gasteiger partial charge in [-0.15, -0.1) is 0 Å². The average Bonchev–Trinajstić information content (AvgIpc) is 2.76. The van der Waals surface area contributed by atoms with Crippen molar-refractivity contribution in [1.82, 2.24) is 14.5 Å². The molecule has 0 amide bonds. The van der Waals surface area contributed by atoms with Crippen molar-refractivity contribution in [3.05, 3.63) is 12.5 Å². The molecule has 1 aliphatic rings. The van der Waals surface area contributed by atoms with Crippen LogP contribution < -0.4 is 0 Å². The highest BCUT2D eigenvalue weighted by Gasteiger charge is 2.19. The van der Waals surface area contributed by atoms with E-state index in [2.05, 4.69) is 16.9 Å². The fourth-order valence-corrected chi connectivity index (χ4v) is 3.07. The van der Waals surface area contributed by atoms with E-state index in [4.69, 9.17) is 10.7 Å². The first-order chi connectivity index (χ1) is 8.47. The number of nitrogens with zero attached hydrogens (tertiary/aromatic N) is 3. The molecule has 0 bridgehead atoms. The molecule has 18 heavy (non-hydrogen) atoms. The molecule has 1 saturated heterocycles. The van der Waals surface area contributed by atoms with Gasteiger partial charge in [-0.3, -0.25) is 0 Å². The molecule has 5 nitrogen and oxygen atoms in total. The predicted octanol–water partition coefficient (Wildman–Crippen LogP) is 1.69. The van der Waals surface area contributed by atoms with E-state index < -0.39 is 9.05 Å². The summed E-state index contributed by atoms with van der Waals surface area (Å²) < 4.78 is 24.0. The number of imidazole rings is 1. The number of aryl methyl sites for hydroxylation is 1. The van der Waals surface area contributed by atoms with Gasteiger partial charge in [-0.2, -0.15) is 0 Å². The normalized spacial score (nSPS) is 22.2. The van der Waals surface area contributed by atoms with Crippen molar-refractivity contribution in [1.29, 1.82) is 0 Å². The Labute approximate surface area is 112 Å². The molecule has 7 heteroatoms. The second-order valence-corrected chi connectivity index (χ2v) is 7.32. The lowest BCUT2D eigenvalue weighted by atomic mass is 10.0. The van der Waals surface area contributed by atoms with Gasteiger partial charge < -0.3 is 9.47 Å². The Morgan fingerprint density at radius 1 is 1.50 bits per heavy atom. The molecule has 0 spiro atoms. The zero-order valence-electron chi connectivity index (χ0n) is 10.4. The van der Waals surface area contributed by atoms with Crippen LogP contribution >= 0.6 is 10.7 Å². The fraction of sp³-hybridized carbons (Fsp3) is 0.727. The van der Waals surface area contributed by atoms with Crippen LogP contribution in [0.5, 0.6) is 0 Å². The summed E-state index contributed by atoms with van der Waals surface area (Å²) in [6.07, 6.45) is 7.79. The minimum atomic E-state index is -3.71. The van der Waals surface area contributed by atoms with Crippen molar-refractivity contribution in [3.8, 4) is 0 Å². The molecule has 2 rings (SSSR count). The van der Waals surface area contributed by atoms with Crippen molar-refractivity contribution in [2.45, 2.75) is 43.3 Å². The van der Waals surface area contributed by atoms with E-state index in [1.165, 1.54) is 31.8 Å². The molecule has 1 atom stereocenters. The maximum Gasteiger partial charge on any atom is 0.280 e. The number of aromatic nitrogens is 2. The standard InChI is InChI=1S/C11H18ClN3O2S/c1-14-6-3-2-4-10(14)5-7-15-8-11(13-9-15)18(12,16)17/h8-10H,2-7H2,1H3. The number of rotatable bonds is 4. The lowest BCUT2D eigenvalue weighted by Gasteiger charge is -2.32. The lowest BCUT2D eigenvalue weighted by Crippen LogP contribution is -2.36. The van der Waals surface area contributed by atoms with Gasteiger partial charge in [0.15, 0.2) is 5.03 Å². The summed E-state index contributed by atoms with van der Waals surface area (Å²) in [6.45, 7) is 1.92. The van der Waals surface area contributed by atoms with Gasteiger partial charge in [-0.05, 0) is 32.9 Å². The van der Waals surface area contributed by atoms with Crippen molar-refractivity contribution in [2.24, 2.45) is 0 Å². The van der Waals surface area contributed by atoms with Crippen LogP contribution in [-0.2, 0) is 15.6 Å². The van der Waals surface area contributed by atoms with E-state index in [1.54, 1.807) is 4.57 Å². The number of hydrogen-bond donors (Lipinski definition) is 0. The number of halogens is 1. The molecule has 2 heterocycles. The van der Waals surface area contributed by atoms with Crippen LogP contribution in [0.15, 0.2) is 17.6 Å². The monoisotopic (exact) mass is 291 g/mol. The Morgan fingerprint density at radius 3 is 2.89 bits per heavy atom. The number of likely N-dealkylation sites (tertiary alicyclic amines) is 1. The van der Waals surface area contributed by atoms with Crippen LogP contribution in [0.3, 0.4) is 0 Å². The summed E-state index contributed by atoms with van der Waals surface area (Å²) in [5.74, 6) is 0. The van der Waals surface area contributed by atoms with Crippen molar-refractivity contribution in [2.75, 3.05) is 13.6 Å². The number of piperidine rings is 1. The second-order valence-electron chi connectivity index (χ2n) is 4.81. The molecule has 0 aromatic carbocycles. The third-order valence-electron chi connectivity index (χ3n) is 3.50. The van der Waals surface area contributed by atoms with Gasteiger partial charge in [0.2, 0.25) is 0 Å². The second kappa shape index (κ2) is 5.59. The van der Waals surface area contributed by atoms with Gasteiger partial charge in [-0.25, -0.2) is 13.4 Å². The van der Waals surface area contributed by atoms with Gasteiger partial charge in [0.05, 0.1) is 6.33 Å². The Bertz CT molecular complexity index is 500. The summed E-state index contributed by atoms with van der Waals surface area (Å²) in [5.41, 5.74) is 0. The zero-order valence-corrected chi connectivity index (χ0v) is 12.0. The summed E-state index contributed by atoms with van der Waals surface area (Å²) in [7, 11) is 3.67. The third kappa shape index (κ3) is 3.46. The molecule has 0 radical (unpaired) electrons. The molecule has 1 aliphatic heterocycles. The van der Waals surface area contributed by atoms with Crippen LogP contribution in [0.4, 0.5) is 0 Å². The Morgan fingerprint density at radius 2 is 2.28 bits per heavy atom. The number of hydrogen-bond acceptors (Lipinski definition) is 4. The average molecular weight is 292 g/mol. The van der Waals surface area contributed by atoms with E-state index in [9.17, 15) is 8.42 Å². The SMILES string of the molecule is CN1CCCCC1CCn1cnc(S(=O)(=O)Cl)c1. The highest BCUT2D eigenvalue weighted by Crippen LogP contribution is 2.19. The quantitative estimate of drug-likeness (QED) is 0.792. The van der Waals surface area contributed by atoms with E-state index in [-0.39, 0.29) is 5.03 Å². The molecule has 1 aromatic rings. The first kappa shape index (κ1) is 13.8.